The van der Waals surface area contributed by atoms with Crippen molar-refractivity contribution in [3.8, 4) is 17.0 Å². The summed E-state index contributed by atoms with van der Waals surface area (Å²) in [6.45, 7) is 0.381. The molecule has 0 spiro atoms. The highest BCUT2D eigenvalue weighted by Gasteiger charge is 2.16. The topological polar surface area (TPSA) is 104 Å². The van der Waals surface area contributed by atoms with Crippen molar-refractivity contribution in [3.05, 3.63) is 95.8 Å². The molecule has 4 rings (SSSR count). The lowest BCUT2D eigenvalue weighted by molar-refractivity contribution is 0.0954. The quantitative estimate of drug-likeness (QED) is 0.365. The zero-order valence-corrected chi connectivity index (χ0v) is 18.9. The summed E-state index contributed by atoms with van der Waals surface area (Å²) in [4.78, 5) is 22.6. The van der Waals surface area contributed by atoms with Crippen molar-refractivity contribution >= 4 is 23.1 Å². The standard InChI is InChI=1S/C26H23F2N5O2/c1-33(23-9-5-16(27)14-21(23)28)18-6-10-24(34)20(15-18)22-8-7-19(25(29)32-22)26(35)31-13-11-17-4-2-3-12-30-17/h2-10,12,14-15,34H,11,13H2,1H3,(H2,29,32)(H,31,35). The molecular weight excluding hydrogens is 452 g/mol. The first-order valence-electron chi connectivity index (χ1n) is 10.8. The number of carbonyl (C=O) groups excluding carboxylic acids is 1. The van der Waals surface area contributed by atoms with Crippen molar-refractivity contribution in [3.63, 3.8) is 0 Å². The third-order valence-electron chi connectivity index (χ3n) is 5.48. The van der Waals surface area contributed by atoms with Gasteiger partial charge in [0.15, 0.2) is 0 Å². The van der Waals surface area contributed by atoms with Crippen LogP contribution in [-0.4, -0.2) is 34.6 Å². The Bertz CT molecular complexity index is 1370. The number of hydrogen-bond acceptors (Lipinski definition) is 6. The Hall–Kier alpha value is -4.53. The second kappa shape index (κ2) is 10.2. The summed E-state index contributed by atoms with van der Waals surface area (Å²) in [6, 6.07) is 16.6. The fourth-order valence-corrected chi connectivity index (χ4v) is 3.59. The number of halogens is 2. The molecule has 0 fully saturated rings. The first-order chi connectivity index (χ1) is 16.8. The number of nitrogens with one attached hydrogen (secondary N) is 1. The smallest absolute Gasteiger partial charge is 0.255 e. The number of pyridine rings is 2. The Balaban J connectivity index is 1.53. The van der Waals surface area contributed by atoms with Gasteiger partial charge in [-0.15, -0.1) is 0 Å². The van der Waals surface area contributed by atoms with Gasteiger partial charge in [0.05, 0.1) is 16.9 Å². The summed E-state index contributed by atoms with van der Waals surface area (Å²) in [7, 11) is 1.62. The molecule has 2 aromatic heterocycles. The van der Waals surface area contributed by atoms with Crippen molar-refractivity contribution in [1.29, 1.82) is 0 Å². The fourth-order valence-electron chi connectivity index (χ4n) is 3.59. The molecule has 0 saturated heterocycles. The van der Waals surface area contributed by atoms with Gasteiger partial charge in [0.2, 0.25) is 0 Å². The summed E-state index contributed by atoms with van der Waals surface area (Å²) in [5, 5.41) is 13.2. The average molecular weight is 475 g/mol. The minimum Gasteiger partial charge on any atom is -0.507 e. The first kappa shape index (κ1) is 23.6. The molecule has 0 aliphatic carbocycles. The van der Waals surface area contributed by atoms with Crippen LogP contribution < -0.4 is 16.0 Å². The van der Waals surface area contributed by atoms with E-state index >= 15 is 0 Å². The number of carbonyl (C=O) groups is 1. The third kappa shape index (κ3) is 5.35. The SMILES string of the molecule is CN(c1ccc(O)c(-c2ccc(C(=O)NCCc3ccccn3)c(N)n2)c1)c1ccc(F)cc1F. The van der Waals surface area contributed by atoms with Gasteiger partial charge < -0.3 is 21.1 Å². The van der Waals surface area contributed by atoms with E-state index < -0.39 is 11.6 Å². The summed E-state index contributed by atoms with van der Waals surface area (Å²) in [5.41, 5.74) is 8.48. The second-order valence-corrected chi connectivity index (χ2v) is 7.81. The van der Waals surface area contributed by atoms with E-state index in [-0.39, 0.29) is 28.7 Å². The van der Waals surface area contributed by atoms with Gasteiger partial charge in [0.25, 0.3) is 5.91 Å². The van der Waals surface area contributed by atoms with E-state index in [1.165, 1.54) is 29.2 Å². The Labute approximate surface area is 200 Å². The first-order valence-corrected chi connectivity index (χ1v) is 10.8. The molecule has 1 amide bonds. The minimum absolute atomic E-state index is 0.000530. The number of nitrogen functional groups attached to an aromatic ring is 1. The van der Waals surface area contributed by atoms with Crippen molar-refractivity contribution in [2.75, 3.05) is 24.2 Å². The van der Waals surface area contributed by atoms with Crippen LogP contribution >= 0.6 is 0 Å². The lowest BCUT2D eigenvalue weighted by Crippen LogP contribution is -2.27. The number of benzene rings is 2. The number of phenols is 1. The molecule has 4 N–H and O–H groups in total. The number of rotatable bonds is 7. The van der Waals surface area contributed by atoms with Crippen LogP contribution in [0, 0.1) is 11.6 Å². The summed E-state index contributed by atoms with van der Waals surface area (Å²) in [5.74, 6) is -1.83. The Morgan fingerprint density at radius 1 is 1.09 bits per heavy atom. The van der Waals surface area contributed by atoms with Crippen LogP contribution in [0.2, 0.25) is 0 Å². The van der Waals surface area contributed by atoms with E-state index in [1.807, 2.05) is 18.2 Å². The Morgan fingerprint density at radius 2 is 1.91 bits per heavy atom. The summed E-state index contributed by atoms with van der Waals surface area (Å²) in [6.07, 6.45) is 2.26. The molecule has 7 nitrogen and oxygen atoms in total. The molecule has 0 bridgehead atoms. The zero-order valence-electron chi connectivity index (χ0n) is 18.9. The largest absolute Gasteiger partial charge is 0.507 e. The van der Waals surface area contributed by atoms with Crippen molar-refractivity contribution in [2.24, 2.45) is 0 Å². The molecule has 35 heavy (non-hydrogen) atoms. The lowest BCUT2D eigenvalue weighted by Gasteiger charge is -2.21. The van der Waals surface area contributed by atoms with Gasteiger partial charge in [-0.2, -0.15) is 0 Å². The lowest BCUT2D eigenvalue weighted by atomic mass is 10.1. The average Bonchev–Trinajstić information content (AvgIpc) is 2.84. The summed E-state index contributed by atoms with van der Waals surface area (Å²) >= 11 is 0. The number of amides is 1. The van der Waals surface area contributed by atoms with Gasteiger partial charge in [-0.1, -0.05) is 6.07 Å². The molecule has 178 valence electrons. The highest BCUT2D eigenvalue weighted by Crippen LogP contribution is 2.35. The Morgan fingerprint density at radius 3 is 2.63 bits per heavy atom. The predicted octanol–water partition coefficient (Wildman–Crippen LogP) is 4.45. The Kier molecular flexibility index (Phi) is 6.86. The molecule has 0 unspecified atom stereocenters. The number of phenolic OH excluding ortho intramolecular Hbond substituents is 1. The number of nitrogens with two attached hydrogens (primary N) is 1. The zero-order chi connectivity index (χ0) is 24.9. The van der Waals surface area contributed by atoms with Gasteiger partial charge >= 0.3 is 0 Å². The molecule has 4 aromatic rings. The van der Waals surface area contributed by atoms with Crippen LogP contribution in [0.25, 0.3) is 11.3 Å². The normalized spacial score (nSPS) is 10.7. The molecule has 9 heteroatoms. The highest BCUT2D eigenvalue weighted by atomic mass is 19.1. The fraction of sp³-hybridized carbons (Fsp3) is 0.115. The van der Waals surface area contributed by atoms with E-state index in [4.69, 9.17) is 5.73 Å². The number of anilines is 3. The molecule has 2 aromatic carbocycles. The van der Waals surface area contributed by atoms with Crippen LogP contribution in [0.3, 0.4) is 0 Å². The molecular formula is C26H23F2N5O2. The van der Waals surface area contributed by atoms with E-state index in [0.717, 1.165) is 11.8 Å². The van der Waals surface area contributed by atoms with Crippen molar-refractivity contribution in [2.45, 2.75) is 6.42 Å². The van der Waals surface area contributed by atoms with E-state index in [2.05, 4.69) is 15.3 Å². The van der Waals surface area contributed by atoms with Crippen LogP contribution in [-0.2, 0) is 6.42 Å². The van der Waals surface area contributed by atoms with Crippen LogP contribution in [0.15, 0.2) is 72.9 Å². The number of aromatic nitrogens is 2. The molecule has 2 heterocycles. The van der Waals surface area contributed by atoms with Gasteiger partial charge in [0, 0.05) is 49.2 Å². The van der Waals surface area contributed by atoms with Gasteiger partial charge in [-0.25, -0.2) is 13.8 Å². The molecule has 0 atom stereocenters. The maximum atomic E-state index is 14.2. The minimum atomic E-state index is -0.720. The molecule has 0 aliphatic heterocycles. The molecule has 0 saturated carbocycles. The number of nitrogens with zero attached hydrogens (tertiary/aromatic N) is 3. The third-order valence-corrected chi connectivity index (χ3v) is 5.48. The maximum Gasteiger partial charge on any atom is 0.255 e. The van der Waals surface area contributed by atoms with Crippen LogP contribution in [0.4, 0.5) is 26.0 Å². The van der Waals surface area contributed by atoms with E-state index in [0.29, 0.717) is 29.9 Å². The number of aromatic hydroxyl groups is 1. The molecule has 0 radical (unpaired) electrons. The van der Waals surface area contributed by atoms with E-state index in [9.17, 15) is 18.7 Å². The van der Waals surface area contributed by atoms with Crippen molar-refractivity contribution < 1.29 is 18.7 Å². The van der Waals surface area contributed by atoms with Crippen LogP contribution in [0.1, 0.15) is 16.1 Å². The van der Waals surface area contributed by atoms with Crippen molar-refractivity contribution in [1.82, 2.24) is 15.3 Å². The maximum absolute atomic E-state index is 14.2. The number of hydrogen-bond donors (Lipinski definition) is 3. The summed E-state index contributed by atoms with van der Waals surface area (Å²) < 4.78 is 27.5. The predicted molar refractivity (Wildman–Crippen MR) is 130 cm³/mol. The van der Waals surface area contributed by atoms with Gasteiger partial charge in [-0.05, 0) is 54.6 Å². The highest BCUT2D eigenvalue weighted by molar-refractivity contribution is 5.98. The van der Waals surface area contributed by atoms with Crippen LogP contribution in [0.5, 0.6) is 5.75 Å². The van der Waals surface area contributed by atoms with Gasteiger partial charge in [0.1, 0.15) is 23.2 Å². The molecule has 0 aliphatic rings. The van der Waals surface area contributed by atoms with E-state index in [1.54, 1.807) is 31.4 Å². The monoisotopic (exact) mass is 475 g/mol. The second-order valence-electron chi connectivity index (χ2n) is 7.81. The van der Waals surface area contributed by atoms with Gasteiger partial charge in [-0.3, -0.25) is 9.78 Å².